The molecule has 0 saturated heterocycles. The molecular formula is C53H101O13P. The highest BCUT2D eigenvalue weighted by molar-refractivity contribution is 7.47. The second-order valence-corrected chi connectivity index (χ2v) is 20.1. The fraction of sp³-hybridized carbons (Fsp3) is 0.887. The first-order valence-electron chi connectivity index (χ1n) is 27.1. The number of carbonyl (C=O) groups is 2. The topological polar surface area (TPSA) is 210 Å². The van der Waals surface area contributed by atoms with Crippen LogP contribution in [0.1, 0.15) is 245 Å². The summed E-state index contributed by atoms with van der Waals surface area (Å²) in [6, 6.07) is 0. The van der Waals surface area contributed by atoms with Crippen molar-refractivity contribution in [3.63, 3.8) is 0 Å². The smallest absolute Gasteiger partial charge is 0.462 e. The number of aliphatic hydroxyl groups is 5. The molecule has 0 aromatic carbocycles. The summed E-state index contributed by atoms with van der Waals surface area (Å²) in [6.07, 6.45) is 41.1. The number of phosphoric acid groups is 1. The summed E-state index contributed by atoms with van der Waals surface area (Å²) in [6.45, 7) is 1.57. The van der Waals surface area contributed by atoms with Crippen molar-refractivity contribution in [2.24, 2.45) is 0 Å². The van der Waals surface area contributed by atoms with Gasteiger partial charge >= 0.3 is 19.8 Å². The van der Waals surface area contributed by atoms with Crippen LogP contribution in [0.4, 0.5) is 0 Å². The van der Waals surface area contributed by atoms with Gasteiger partial charge in [-0.15, -0.1) is 0 Å². The van der Waals surface area contributed by atoms with Crippen LogP contribution < -0.4 is 0 Å². The molecule has 0 aliphatic heterocycles. The lowest BCUT2D eigenvalue weighted by atomic mass is 10.0. The number of carbonyl (C=O) groups excluding carboxylic acids is 2. The Kier molecular flexibility index (Phi) is 46.8. The Hall–Kier alpha value is -1.67. The lowest BCUT2D eigenvalue weighted by Gasteiger charge is -2.26. The molecule has 67 heavy (non-hydrogen) atoms. The van der Waals surface area contributed by atoms with Gasteiger partial charge in [0.2, 0.25) is 0 Å². The SMILES string of the molecule is CCCCCCCCCCCC=CCCCCCCCCC(=O)OC[C@H](COP(=O)(O)OC[C@@H](O)[C@@H](O)[C@H](O)[C@H](O)CO)OC(=O)CCCCCCCCC=CCCCCCCCCCCC. The third-order valence-electron chi connectivity index (χ3n) is 12.2. The molecule has 6 N–H and O–H groups in total. The van der Waals surface area contributed by atoms with Gasteiger partial charge < -0.3 is 39.9 Å². The number of rotatable bonds is 51. The molecule has 14 heteroatoms. The van der Waals surface area contributed by atoms with E-state index in [1.165, 1.54) is 122 Å². The Labute approximate surface area is 407 Å². The van der Waals surface area contributed by atoms with Crippen LogP contribution in [0.25, 0.3) is 0 Å². The van der Waals surface area contributed by atoms with E-state index in [9.17, 15) is 39.5 Å². The normalized spacial score (nSPS) is 15.2. The van der Waals surface area contributed by atoms with E-state index in [0.29, 0.717) is 12.8 Å². The van der Waals surface area contributed by atoms with E-state index < -0.39 is 76.7 Å². The molecule has 0 aromatic heterocycles. The van der Waals surface area contributed by atoms with Gasteiger partial charge in [0.25, 0.3) is 0 Å². The molecule has 0 fully saturated rings. The highest BCUT2D eigenvalue weighted by atomic mass is 31.2. The minimum absolute atomic E-state index is 0.112. The van der Waals surface area contributed by atoms with Crippen molar-refractivity contribution < 1.29 is 63.1 Å². The van der Waals surface area contributed by atoms with Crippen LogP contribution in [0, 0.1) is 0 Å². The first-order chi connectivity index (χ1) is 32.5. The predicted octanol–water partition coefficient (Wildman–Crippen LogP) is 12.2. The number of phosphoric ester groups is 1. The van der Waals surface area contributed by atoms with Gasteiger partial charge in [0, 0.05) is 12.8 Å². The molecule has 1 unspecified atom stereocenters. The van der Waals surface area contributed by atoms with E-state index >= 15 is 0 Å². The summed E-state index contributed by atoms with van der Waals surface area (Å²) in [5, 5.41) is 48.3. The second-order valence-electron chi connectivity index (χ2n) is 18.7. The number of hydrogen-bond acceptors (Lipinski definition) is 12. The van der Waals surface area contributed by atoms with Crippen molar-refractivity contribution in [1.29, 1.82) is 0 Å². The van der Waals surface area contributed by atoms with Gasteiger partial charge in [-0.25, -0.2) is 4.57 Å². The molecule has 0 amide bonds. The van der Waals surface area contributed by atoms with Gasteiger partial charge in [-0.1, -0.05) is 192 Å². The molecule has 0 saturated carbocycles. The Morgan fingerprint density at radius 3 is 1.16 bits per heavy atom. The molecule has 0 bridgehead atoms. The van der Waals surface area contributed by atoms with Crippen molar-refractivity contribution >= 4 is 19.8 Å². The average Bonchev–Trinajstić information content (AvgIpc) is 3.32. The van der Waals surface area contributed by atoms with E-state index in [2.05, 4.69) is 38.2 Å². The summed E-state index contributed by atoms with van der Waals surface area (Å²) >= 11 is 0. The van der Waals surface area contributed by atoms with Crippen LogP contribution in [0.2, 0.25) is 0 Å². The molecule has 13 nitrogen and oxygen atoms in total. The molecule has 396 valence electrons. The lowest BCUT2D eigenvalue weighted by molar-refractivity contribution is -0.161. The summed E-state index contributed by atoms with van der Waals surface area (Å²) in [5.41, 5.74) is 0. The highest BCUT2D eigenvalue weighted by Gasteiger charge is 2.33. The lowest BCUT2D eigenvalue weighted by Crippen LogP contribution is -2.47. The van der Waals surface area contributed by atoms with E-state index in [1.807, 2.05) is 0 Å². The Bertz CT molecular complexity index is 1220. The number of ether oxygens (including phenoxy) is 2. The first kappa shape index (κ1) is 65.3. The maximum atomic E-state index is 12.8. The van der Waals surface area contributed by atoms with Gasteiger partial charge in [-0.2, -0.15) is 0 Å². The molecule has 0 radical (unpaired) electrons. The van der Waals surface area contributed by atoms with Crippen LogP contribution in [-0.4, -0.2) is 99.3 Å². The quantitative estimate of drug-likeness (QED) is 0.0145. The zero-order valence-corrected chi connectivity index (χ0v) is 43.4. The van der Waals surface area contributed by atoms with E-state index in [4.69, 9.17) is 23.6 Å². The maximum Gasteiger partial charge on any atom is 0.472 e. The summed E-state index contributed by atoms with van der Waals surface area (Å²) in [4.78, 5) is 35.6. The molecule has 0 heterocycles. The minimum atomic E-state index is -4.90. The van der Waals surface area contributed by atoms with Crippen LogP contribution in [0.3, 0.4) is 0 Å². The number of allylic oxidation sites excluding steroid dienone is 4. The van der Waals surface area contributed by atoms with Gasteiger partial charge in [-0.3, -0.25) is 18.6 Å². The number of esters is 2. The van der Waals surface area contributed by atoms with Crippen molar-refractivity contribution in [2.45, 2.75) is 276 Å². The van der Waals surface area contributed by atoms with Crippen LogP contribution in [0.15, 0.2) is 24.3 Å². The molecular weight excluding hydrogens is 876 g/mol. The highest BCUT2D eigenvalue weighted by Crippen LogP contribution is 2.43. The fourth-order valence-corrected chi connectivity index (χ4v) is 8.53. The Balaban J connectivity index is 4.52. The number of unbranched alkanes of at least 4 members (excludes halogenated alkanes) is 30. The van der Waals surface area contributed by atoms with Gasteiger partial charge in [0.05, 0.1) is 19.8 Å². The second kappa shape index (κ2) is 48.0. The molecule has 0 aromatic rings. The van der Waals surface area contributed by atoms with E-state index in [1.54, 1.807) is 0 Å². The van der Waals surface area contributed by atoms with E-state index in [0.717, 1.165) is 83.5 Å². The van der Waals surface area contributed by atoms with Crippen molar-refractivity contribution in [3.8, 4) is 0 Å². The van der Waals surface area contributed by atoms with Gasteiger partial charge in [0.15, 0.2) is 6.10 Å². The van der Waals surface area contributed by atoms with Crippen LogP contribution in [0.5, 0.6) is 0 Å². The summed E-state index contributed by atoms with van der Waals surface area (Å²) < 4.78 is 33.2. The largest absolute Gasteiger partial charge is 0.472 e. The third-order valence-corrected chi connectivity index (χ3v) is 13.1. The van der Waals surface area contributed by atoms with E-state index in [-0.39, 0.29) is 12.8 Å². The summed E-state index contributed by atoms with van der Waals surface area (Å²) in [7, 11) is -4.90. The maximum absolute atomic E-state index is 12.8. The Morgan fingerprint density at radius 2 is 0.776 bits per heavy atom. The minimum Gasteiger partial charge on any atom is -0.462 e. The van der Waals surface area contributed by atoms with Gasteiger partial charge in [0.1, 0.15) is 31.0 Å². The molecule has 6 atom stereocenters. The molecule has 0 rings (SSSR count). The van der Waals surface area contributed by atoms with Crippen molar-refractivity contribution in [3.05, 3.63) is 24.3 Å². The molecule has 0 aliphatic rings. The van der Waals surface area contributed by atoms with Crippen molar-refractivity contribution in [2.75, 3.05) is 26.4 Å². The number of hydrogen-bond donors (Lipinski definition) is 6. The first-order valence-corrected chi connectivity index (χ1v) is 28.6. The van der Waals surface area contributed by atoms with Crippen LogP contribution in [-0.2, 0) is 32.7 Å². The fourth-order valence-electron chi connectivity index (χ4n) is 7.76. The third kappa shape index (κ3) is 44.0. The molecule has 0 aliphatic carbocycles. The summed E-state index contributed by atoms with van der Waals surface area (Å²) in [5.74, 6) is -1.06. The monoisotopic (exact) mass is 977 g/mol. The van der Waals surface area contributed by atoms with Gasteiger partial charge in [-0.05, 0) is 64.2 Å². The average molecular weight is 977 g/mol. The van der Waals surface area contributed by atoms with Crippen LogP contribution >= 0.6 is 7.82 Å². The zero-order valence-electron chi connectivity index (χ0n) is 42.5. The molecule has 0 spiro atoms. The number of aliphatic hydroxyl groups excluding tert-OH is 5. The zero-order chi connectivity index (χ0) is 49.5. The van der Waals surface area contributed by atoms with Crippen molar-refractivity contribution in [1.82, 2.24) is 0 Å². The standard InChI is InChI=1S/C53H101O13P/c1-3-5-7-9-11-13-15-17-19-21-23-25-27-29-31-33-35-37-39-41-50(57)63-44-47(45-64-67(61,62)65-46-49(56)53(60)52(59)48(55)43-54)66-51(58)42-40-38-36-34-32-30-28-26-24-22-20-18-16-14-12-10-8-6-4-2/h23-26,47-49,52-56,59-60H,3-22,27-46H2,1-2H3,(H,61,62)/t47-,48-,49-,52-,53-/m1/s1. The predicted molar refractivity (Wildman–Crippen MR) is 270 cm³/mol. The Morgan fingerprint density at radius 1 is 0.448 bits per heavy atom.